The highest BCUT2D eigenvalue weighted by molar-refractivity contribution is 9.11. The normalized spacial score (nSPS) is 12.1. The Labute approximate surface area is 143 Å². The minimum Gasteiger partial charge on any atom is -0.481 e. The van der Waals surface area contributed by atoms with Crippen molar-refractivity contribution in [3.05, 3.63) is 26.6 Å². The van der Waals surface area contributed by atoms with Crippen LogP contribution in [-0.2, 0) is 11.2 Å². The second kappa shape index (κ2) is 8.76. The summed E-state index contributed by atoms with van der Waals surface area (Å²) in [6.45, 7) is 7.29. The highest BCUT2D eigenvalue weighted by Crippen LogP contribution is 2.35. The number of hydrogen-bond donors (Lipinski definition) is 1. The predicted octanol–water partition coefficient (Wildman–Crippen LogP) is 3.35. The number of benzene rings is 1. The first kappa shape index (κ1) is 18.5. The Balaban J connectivity index is 2.78. The molecule has 1 unspecified atom stereocenters. The summed E-state index contributed by atoms with van der Waals surface area (Å²) in [6.07, 6.45) is 0.788. The van der Waals surface area contributed by atoms with Gasteiger partial charge in [0.25, 0.3) is 5.91 Å². The molecule has 1 aromatic carbocycles. The smallest absolute Gasteiger partial charge is 0.260 e. The van der Waals surface area contributed by atoms with Crippen molar-refractivity contribution in [3.63, 3.8) is 0 Å². The summed E-state index contributed by atoms with van der Waals surface area (Å²) in [5.74, 6) is 0.627. The van der Waals surface area contributed by atoms with E-state index < -0.39 is 0 Å². The number of rotatable bonds is 7. The summed E-state index contributed by atoms with van der Waals surface area (Å²) < 4.78 is 7.30. The number of halogens is 2. The highest BCUT2D eigenvalue weighted by atomic mass is 79.9. The summed E-state index contributed by atoms with van der Waals surface area (Å²) in [5.41, 5.74) is 6.93. The van der Waals surface area contributed by atoms with Gasteiger partial charge in [0.05, 0.1) is 8.95 Å². The van der Waals surface area contributed by atoms with E-state index in [1.165, 1.54) is 0 Å². The average Bonchev–Trinajstić information content (AvgIpc) is 2.38. The van der Waals surface area contributed by atoms with Crippen LogP contribution < -0.4 is 10.5 Å². The van der Waals surface area contributed by atoms with Crippen LogP contribution in [0.25, 0.3) is 0 Å². The third-order valence-corrected chi connectivity index (χ3v) is 4.25. The molecule has 6 heteroatoms. The van der Waals surface area contributed by atoms with E-state index in [9.17, 15) is 4.79 Å². The van der Waals surface area contributed by atoms with E-state index in [4.69, 9.17) is 10.5 Å². The number of hydrogen-bond acceptors (Lipinski definition) is 3. The van der Waals surface area contributed by atoms with Gasteiger partial charge >= 0.3 is 0 Å². The molecule has 118 valence electrons. The Bertz CT molecular complexity index is 466. The highest BCUT2D eigenvalue weighted by Gasteiger charge is 2.14. The van der Waals surface area contributed by atoms with Crippen LogP contribution in [0.5, 0.6) is 5.75 Å². The molecule has 0 saturated carbocycles. The van der Waals surface area contributed by atoms with E-state index in [2.05, 4.69) is 31.9 Å². The zero-order valence-electron chi connectivity index (χ0n) is 12.7. The molecule has 0 radical (unpaired) electrons. The molecular formula is C15H22Br2N2O2. The molecule has 2 N–H and O–H groups in total. The molecule has 0 aliphatic heterocycles. The maximum absolute atomic E-state index is 12.0. The topological polar surface area (TPSA) is 55.6 Å². The fourth-order valence-corrected chi connectivity index (χ4v) is 3.55. The van der Waals surface area contributed by atoms with Gasteiger partial charge in [-0.15, -0.1) is 0 Å². The van der Waals surface area contributed by atoms with E-state index in [1.54, 1.807) is 4.90 Å². The Morgan fingerprint density at radius 3 is 2.24 bits per heavy atom. The Hall–Kier alpha value is -0.590. The van der Waals surface area contributed by atoms with Crippen molar-refractivity contribution in [2.45, 2.75) is 33.2 Å². The van der Waals surface area contributed by atoms with Gasteiger partial charge in [-0.05, 0) is 76.7 Å². The summed E-state index contributed by atoms with van der Waals surface area (Å²) in [4.78, 5) is 13.7. The fraction of sp³-hybridized carbons (Fsp3) is 0.533. The third kappa shape index (κ3) is 5.60. The molecule has 0 aliphatic rings. The zero-order valence-corrected chi connectivity index (χ0v) is 15.8. The number of carbonyl (C=O) groups is 1. The second-order valence-corrected chi connectivity index (χ2v) is 6.63. The Morgan fingerprint density at radius 2 is 1.81 bits per heavy atom. The van der Waals surface area contributed by atoms with Gasteiger partial charge in [0.2, 0.25) is 0 Å². The molecule has 0 saturated heterocycles. The number of nitrogens with two attached hydrogens (primary N) is 1. The lowest BCUT2D eigenvalue weighted by Gasteiger charge is -2.19. The number of nitrogens with zero attached hydrogens (tertiary/aromatic N) is 1. The van der Waals surface area contributed by atoms with Crippen LogP contribution >= 0.6 is 31.9 Å². The van der Waals surface area contributed by atoms with Crippen LogP contribution in [0.4, 0.5) is 0 Å². The second-order valence-electron chi connectivity index (χ2n) is 4.92. The first-order chi connectivity index (χ1) is 9.88. The summed E-state index contributed by atoms with van der Waals surface area (Å²) >= 11 is 6.98. The van der Waals surface area contributed by atoms with Gasteiger partial charge in [0, 0.05) is 19.1 Å². The fourth-order valence-electron chi connectivity index (χ4n) is 2.04. The first-order valence-electron chi connectivity index (χ1n) is 7.03. The molecule has 1 aromatic rings. The molecule has 1 rings (SSSR count). The Morgan fingerprint density at radius 1 is 1.29 bits per heavy atom. The molecular weight excluding hydrogens is 400 g/mol. The van der Waals surface area contributed by atoms with Crippen molar-refractivity contribution >= 4 is 37.8 Å². The number of likely N-dealkylation sites (N-methyl/N-ethyl adjacent to an activating group) is 1. The molecule has 0 aromatic heterocycles. The maximum Gasteiger partial charge on any atom is 0.260 e. The summed E-state index contributed by atoms with van der Waals surface area (Å²) in [7, 11) is 0. The van der Waals surface area contributed by atoms with E-state index in [1.807, 2.05) is 32.9 Å². The molecule has 1 atom stereocenters. The number of carbonyl (C=O) groups excluding carboxylic acids is 1. The van der Waals surface area contributed by atoms with Crippen LogP contribution in [0.3, 0.4) is 0 Å². The molecule has 0 fully saturated rings. The predicted molar refractivity (Wildman–Crippen MR) is 92.6 cm³/mol. The van der Waals surface area contributed by atoms with Crippen LogP contribution in [0.15, 0.2) is 21.1 Å². The minimum absolute atomic E-state index is 0.0153. The molecule has 0 aliphatic carbocycles. The monoisotopic (exact) mass is 420 g/mol. The van der Waals surface area contributed by atoms with Crippen LogP contribution in [0, 0.1) is 0 Å². The third-order valence-electron chi connectivity index (χ3n) is 3.07. The lowest BCUT2D eigenvalue weighted by atomic mass is 10.1. The summed E-state index contributed by atoms with van der Waals surface area (Å²) in [6, 6.07) is 4.05. The van der Waals surface area contributed by atoms with E-state index in [-0.39, 0.29) is 18.6 Å². The van der Waals surface area contributed by atoms with Gasteiger partial charge in [-0.3, -0.25) is 4.79 Å². The van der Waals surface area contributed by atoms with Gasteiger partial charge in [0.15, 0.2) is 6.61 Å². The SMILES string of the molecule is CCN(CC)C(=O)COc1c(Br)cc(CC(C)N)cc1Br. The van der Waals surface area contributed by atoms with Gasteiger partial charge < -0.3 is 15.4 Å². The molecule has 0 spiro atoms. The standard InChI is InChI=1S/C15H22Br2N2O2/c1-4-19(5-2)14(20)9-21-15-12(16)7-11(6-10(3)18)8-13(15)17/h7-8,10H,4-6,9,18H2,1-3H3. The average molecular weight is 422 g/mol. The van der Waals surface area contributed by atoms with Crippen molar-refractivity contribution in [1.29, 1.82) is 0 Å². The zero-order chi connectivity index (χ0) is 16.0. The van der Waals surface area contributed by atoms with Crippen LogP contribution in [0.1, 0.15) is 26.3 Å². The van der Waals surface area contributed by atoms with E-state index >= 15 is 0 Å². The molecule has 0 heterocycles. The van der Waals surface area contributed by atoms with E-state index in [0.717, 1.165) is 20.9 Å². The van der Waals surface area contributed by atoms with Crippen LogP contribution in [-0.4, -0.2) is 36.5 Å². The van der Waals surface area contributed by atoms with Crippen LogP contribution in [0.2, 0.25) is 0 Å². The molecule has 4 nitrogen and oxygen atoms in total. The minimum atomic E-state index is -0.0153. The largest absolute Gasteiger partial charge is 0.481 e. The van der Waals surface area contributed by atoms with Crippen molar-refractivity contribution in [3.8, 4) is 5.75 Å². The van der Waals surface area contributed by atoms with Crippen molar-refractivity contribution in [2.24, 2.45) is 5.73 Å². The van der Waals surface area contributed by atoms with Gasteiger partial charge in [-0.25, -0.2) is 0 Å². The van der Waals surface area contributed by atoms with E-state index in [0.29, 0.717) is 18.8 Å². The first-order valence-corrected chi connectivity index (χ1v) is 8.61. The van der Waals surface area contributed by atoms with Crippen molar-refractivity contribution < 1.29 is 9.53 Å². The van der Waals surface area contributed by atoms with Gasteiger partial charge in [-0.1, -0.05) is 0 Å². The number of amides is 1. The molecule has 1 amide bonds. The Kier molecular flexibility index (Phi) is 7.70. The lowest BCUT2D eigenvalue weighted by Crippen LogP contribution is -2.34. The molecule has 21 heavy (non-hydrogen) atoms. The molecule has 0 bridgehead atoms. The lowest BCUT2D eigenvalue weighted by molar-refractivity contribution is -0.133. The van der Waals surface area contributed by atoms with Gasteiger partial charge in [0.1, 0.15) is 5.75 Å². The number of ether oxygens (including phenoxy) is 1. The van der Waals surface area contributed by atoms with Gasteiger partial charge in [-0.2, -0.15) is 0 Å². The summed E-state index contributed by atoms with van der Waals surface area (Å²) in [5, 5.41) is 0. The van der Waals surface area contributed by atoms with Crippen molar-refractivity contribution in [2.75, 3.05) is 19.7 Å². The quantitative estimate of drug-likeness (QED) is 0.734. The van der Waals surface area contributed by atoms with Crippen molar-refractivity contribution in [1.82, 2.24) is 4.90 Å². The maximum atomic E-state index is 12.0.